The predicted octanol–water partition coefficient (Wildman–Crippen LogP) is 4.55. The van der Waals surface area contributed by atoms with Crippen LogP contribution < -0.4 is 10.2 Å². The van der Waals surface area contributed by atoms with Crippen LogP contribution in [-0.4, -0.2) is 11.0 Å². The molecule has 0 N–H and O–H groups in total. The topological polar surface area (TPSA) is 69.4 Å². The fourth-order valence-corrected chi connectivity index (χ4v) is 3.25. The van der Waals surface area contributed by atoms with E-state index in [-0.39, 0.29) is 5.43 Å². The smallest absolute Gasteiger partial charge is 0.308 e. The number of aromatic nitrogens is 1. The molecule has 5 heteroatoms. The van der Waals surface area contributed by atoms with Crippen LogP contribution in [0.4, 0.5) is 0 Å². The summed E-state index contributed by atoms with van der Waals surface area (Å²) in [4.78, 5) is 29.0. The molecule has 0 atom stereocenters. The molecular weight excluding hydrogens is 342 g/mol. The molecule has 4 rings (SSSR count). The second-order valence-electron chi connectivity index (χ2n) is 6.41. The molecule has 0 radical (unpaired) electrons. The first kappa shape index (κ1) is 17.0. The largest absolute Gasteiger partial charge is 0.460 e. The summed E-state index contributed by atoms with van der Waals surface area (Å²) in [6.07, 6.45) is 0. The number of benzene rings is 2. The molecule has 0 aliphatic rings. The minimum absolute atomic E-state index is 0.158. The average Bonchev–Trinajstić information content (AvgIpc) is 2.64. The van der Waals surface area contributed by atoms with Crippen molar-refractivity contribution in [3.8, 4) is 17.0 Å². The zero-order valence-corrected chi connectivity index (χ0v) is 15.2. The predicted molar refractivity (Wildman–Crippen MR) is 104 cm³/mol. The van der Waals surface area contributed by atoms with Gasteiger partial charge in [-0.25, -0.2) is 4.98 Å². The van der Waals surface area contributed by atoms with E-state index in [0.717, 1.165) is 10.9 Å². The van der Waals surface area contributed by atoms with Gasteiger partial charge in [-0.3, -0.25) is 9.59 Å². The van der Waals surface area contributed by atoms with Crippen molar-refractivity contribution in [2.24, 2.45) is 0 Å². The van der Waals surface area contributed by atoms with E-state index in [1.165, 1.54) is 6.92 Å². The highest BCUT2D eigenvalue weighted by Crippen LogP contribution is 2.30. The normalized spacial score (nSPS) is 11.1. The van der Waals surface area contributed by atoms with Crippen molar-refractivity contribution in [1.82, 2.24) is 4.98 Å². The summed E-state index contributed by atoms with van der Waals surface area (Å²) >= 11 is 0. The molecule has 0 aliphatic heterocycles. The van der Waals surface area contributed by atoms with E-state index in [1.54, 1.807) is 26.0 Å². The minimum Gasteiger partial charge on any atom is -0.460 e. The van der Waals surface area contributed by atoms with Crippen molar-refractivity contribution >= 4 is 27.8 Å². The second kappa shape index (κ2) is 6.36. The Bertz CT molecular complexity index is 1270. The van der Waals surface area contributed by atoms with E-state index < -0.39 is 5.97 Å². The molecule has 0 bridgehead atoms. The summed E-state index contributed by atoms with van der Waals surface area (Å²) in [5.74, 6) is 0.431. The molecule has 0 fully saturated rings. The Morgan fingerprint density at radius 3 is 2.59 bits per heavy atom. The summed E-state index contributed by atoms with van der Waals surface area (Å²) in [5.41, 5.74) is 2.70. The lowest BCUT2D eigenvalue weighted by molar-refractivity contribution is -0.131. The van der Waals surface area contributed by atoms with Gasteiger partial charge in [-0.1, -0.05) is 24.3 Å². The lowest BCUT2D eigenvalue weighted by atomic mass is 10.0. The van der Waals surface area contributed by atoms with Gasteiger partial charge in [-0.05, 0) is 38.1 Å². The Hall–Kier alpha value is -3.47. The van der Waals surface area contributed by atoms with Crippen molar-refractivity contribution in [1.29, 1.82) is 0 Å². The van der Waals surface area contributed by atoms with Crippen LogP contribution in [-0.2, 0) is 4.79 Å². The van der Waals surface area contributed by atoms with Gasteiger partial charge in [0.2, 0.25) is 5.43 Å². The van der Waals surface area contributed by atoms with Gasteiger partial charge in [0.15, 0.2) is 0 Å². The molecule has 2 heterocycles. The minimum atomic E-state index is -0.423. The SMILES string of the molecule is CC(=O)Oc1ccc2c(=O)c(-c3ccc4ccccc4n3)c(C)oc2c1C. The molecule has 0 saturated carbocycles. The third-order valence-corrected chi connectivity index (χ3v) is 4.54. The van der Waals surface area contributed by atoms with E-state index in [1.807, 2.05) is 36.4 Å². The quantitative estimate of drug-likeness (QED) is 0.388. The van der Waals surface area contributed by atoms with Gasteiger partial charge < -0.3 is 9.15 Å². The molecule has 2 aromatic heterocycles. The van der Waals surface area contributed by atoms with Crippen molar-refractivity contribution in [3.05, 3.63) is 70.1 Å². The highest BCUT2D eigenvalue weighted by atomic mass is 16.5. The molecule has 2 aromatic carbocycles. The van der Waals surface area contributed by atoms with Gasteiger partial charge in [0, 0.05) is 17.9 Å². The summed E-state index contributed by atoms with van der Waals surface area (Å²) < 4.78 is 11.1. The van der Waals surface area contributed by atoms with Crippen LogP contribution in [0.1, 0.15) is 18.2 Å². The maximum atomic E-state index is 13.2. The highest BCUT2D eigenvalue weighted by molar-refractivity contribution is 5.88. The summed E-state index contributed by atoms with van der Waals surface area (Å²) in [6.45, 7) is 4.83. The number of para-hydroxylation sites is 1. The van der Waals surface area contributed by atoms with Crippen LogP contribution in [0.2, 0.25) is 0 Å². The van der Waals surface area contributed by atoms with Gasteiger partial charge in [-0.2, -0.15) is 0 Å². The number of aryl methyl sites for hydroxylation is 2. The number of carbonyl (C=O) groups is 1. The molecule has 0 aliphatic carbocycles. The number of nitrogens with zero attached hydrogens (tertiary/aromatic N) is 1. The third-order valence-electron chi connectivity index (χ3n) is 4.54. The Labute approximate surface area is 155 Å². The molecule has 0 saturated heterocycles. The number of hydrogen-bond donors (Lipinski definition) is 0. The molecule has 0 unspecified atom stereocenters. The molecule has 27 heavy (non-hydrogen) atoms. The fourth-order valence-electron chi connectivity index (χ4n) is 3.25. The van der Waals surface area contributed by atoms with Crippen LogP contribution in [0.3, 0.4) is 0 Å². The average molecular weight is 359 g/mol. The number of pyridine rings is 1. The van der Waals surface area contributed by atoms with Gasteiger partial charge in [-0.15, -0.1) is 0 Å². The maximum absolute atomic E-state index is 13.2. The number of fused-ring (bicyclic) bond motifs is 2. The lowest BCUT2D eigenvalue weighted by Crippen LogP contribution is -2.10. The molecular formula is C22H17NO4. The van der Waals surface area contributed by atoms with Gasteiger partial charge in [0.05, 0.1) is 22.2 Å². The van der Waals surface area contributed by atoms with Crippen molar-refractivity contribution in [2.45, 2.75) is 20.8 Å². The van der Waals surface area contributed by atoms with Gasteiger partial charge >= 0.3 is 5.97 Å². The number of rotatable bonds is 2. The van der Waals surface area contributed by atoms with Crippen molar-refractivity contribution in [2.75, 3.05) is 0 Å². The summed E-state index contributed by atoms with van der Waals surface area (Å²) in [5, 5.41) is 1.44. The molecule has 0 amide bonds. The number of ether oxygens (including phenoxy) is 1. The molecule has 0 spiro atoms. The summed E-state index contributed by atoms with van der Waals surface area (Å²) in [6, 6.07) is 14.7. The van der Waals surface area contributed by atoms with Gasteiger partial charge in [0.1, 0.15) is 17.1 Å². The van der Waals surface area contributed by atoms with E-state index in [2.05, 4.69) is 4.98 Å². The molecule has 134 valence electrons. The Kier molecular flexibility index (Phi) is 4.00. The van der Waals surface area contributed by atoms with Gasteiger partial charge in [0.25, 0.3) is 0 Å². The highest BCUT2D eigenvalue weighted by Gasteiger charge is 2.18. The lowest BCUT2D eigenvalue weighted by Gasteiger charge is -2.11. The number of esters is 1. The van der Waals surface area contributed by atoms with Crippen LogP contribution in [0.5, 0.6) is 5.75 Å². The zero-order valence-electron chi connectivity index (χ0n) is 15.2. The van der Waals surface area contributed by atoms with E-state index in [0.29, 0.717) is 39.3 Å². The molecule has 4 aromatic rings. The van der Waals surface area contributed by atoms with Crippen LogP contribution in [0.15, 0.2) is 57.7 Å². The van der Waals surface area contributed by atoms with Crippen LogP contribution in [0, 0.1) is 13.8 Å². The Balaban J connectivity index is 1.96. The van der Waals surface area contributed by atoms with Crippen LogP contribution >= 0.6 is 0 Å². The van der Waals surface area contributed by atoms with Crippen molar-refractivity contribution in [3.63, 3.8) is 0 Å². The zero-order chi connectivity index (χ0) is 19.1. The van der Waals surface area contributed by atoms with Crippen LogP contribution in [0.25, 0.3) is 33.1 Å². The Morgan fingerprint density at radius 1 is 1.04 bits per heavy atom. The first-order valence-corrected chi connectivity index (χ1v) is 8.57. The van der Waals surface area contributed by atoms with E-state index in [4.69, 9.17) is 9.15 Å². The first-order valence-electron chi connectivity index (χ1n) is 8.57. The maximum Gasteiger partial charge on any atom is 0.308 e. The standard InChI is InChI=1S/C22H17NO4/c1-12-19(27-14(3)24)11-9-16-21(25)20(13(2)26-22(12)16)18-10-8-15-6-4-5-7-17(15)23-18/h4-11H,1-3H3. The first-order chi connectivity index (χ1) is 13.0. The monoisotopic (exact) mass is 359 g/mol. The van der Waals surface area contributed by atoms with E-state index >= 15 is 0 Å². The molecule has 5 nitrogen and oxygen atoms in total. The van der Waals surface area contributed by atoms with E-state index in [9.17, 15) is 9.59 Å². The Morgan fingerprint density at radius 2 is 1.81 bits per heavy atom. The number of carbonyl (C=O) groups excluding carboxylic acids is 1. The fraction of sp³-hybridized carbons (Fsp3) is 0.136. The third kappa shape index (κ3) is 2.87. The number of hydrogen-bond acceptors (Lipinski definition) is 5. The summed E-state index contributed by atoms with van der Waals surface area (Å²) in [7, 11) is 0. The van der Waals surface area contributed by atoms with Crippen molar-refractivity contribution < 1.29 is 13.9 Å². The second-order valence-corrected chi connectivity index (χ2v) is 6.41.